The quantitative estimate of drug-likeness (QED) is 0.334. The molecule has 0 amide bonds. The fourth-order valence-electron chi connectivity index (χ4n) is 0.256. The number of alkyl halides is 4. The predicted molar refractivity (Wildman–Crippen MR) is 42.3 cm³/mol. The fraction of sp³-hybridized carbons (Fsp3) is 0.750. The summed E-state index contributed by atoms with van der Waals surface area (Å²) in [6.07, 6.45) is 0. The van der Waals surface area contributed by atoms with Gasteiger partial charge in [0.2, 0.25) is 0 Å². The van der Waals surface area contributed by atoms with Crippen LogP contribution in [-0.2, 0) is 31.2 Å². The van der Waals surface area contributed by atoms with Crippen LogP contribution in [0.1, 0.15) is 0 Å². The Morgan fingerprint density at radius 1 is 1.18 bits per heavy atom. The summed E-state index contributed by atoms with van der Waals surface area (Å²) in [6, 6.07) is 0. The summed E-state index contributed by atoms with van der Waals surface area (Å²) in [5, 5.41) is -1.82. The van der Waals surface area contributed by atoms with Crippen molar-refractivity contribution in [3.63, 3.8) is 0 Å². The van der Waals surface area contributed by atoms with Crippen molar-refractivity contribution in [3.8, 4) is 0 Å². The minimum absolute atomic E-state index is 0. The van der Waals surface area contributed by atoms with E-state index >= 15 is 0 Å². The van der Waals surface area contributed by atoms with Gasteiger partial charge >= 0.3 is 0 Å². The maximum atomic E-state index is 5.48. The molecule has 0 aromatic rings. The molecule has 1 unspecified atom stereocenters. The van der Waals surface area contributed by atoms with E-state index in [4.69, 9.17) is 46.4 Å². The van der Waals surface area contributed by atoms with Crippen LogP contribution in [0.2, 0.25) is 0 Å². The first-order valence-electron chi connectivity index (χ1n) is 2.11. The maximum absolute atomic E-state index is 5.48. The predicted octanol–water partition coefficient (Wildman–Crippen LogP) is 2.70. The molecule has 0 spiro atoms. The van der Waals surface area contributed by atoms with Gasteiger partial charge in [0.1, 0.15) is 0 Å². The van der Waals surface area contributed by atoms with E-state index in [1.54, 1.807) is 0 Å². The number of methoxy groups -OCH3 is 1. The van der Waals surface area contributed by atoms with Crippen molar-refractivity contribution < 1.29 is 31.2 Å². The SMILES string of the molecule is [CH2-]OC(Cl)(OC)C(Cl)(Cl)Cl.[Ti]. The molecule has 1 atom stereocenters. The second-order valence-electron chi connectivity index (χ2n) is 1.38. The molecule has 0 aliphatic rings. The van der Waals surface area contributed by atoms with E-state index in [2.05, 4.69) is 16.6 Å². The van der Waals surface area contributed by atoms with Crippen LogP contribution in [0.15, 0.2) is 0 Å². The molecule has 0 aliphatic heterocycles. The minimum Gasteiger partial charge on any atom is -0.515 e. The van der Waals surface area contributed by atoms with Gasteiger partial charge in [0.15, 0.2) is 0 Å². The summed E-state index contributed by atoms with van der Waals surface area (Å²) in [4.78, 5) is 0. The van der Waals surface area contributed by atoms with Crippen LogP contribution in [0.3, 0.4) is 0 Å². The molecule has 0 saturated heterocycles. The van der Waals surface area contributed by atoms with Gasteiger partial charge in [-0.05, 0) is 0 Å². The molecule has 0 N–H and O–H groups in total. The van der Waals surface area contributed by atoms with Gasteiger partial charge in [-0.15, -0.1) is 0 Å². The molecule has 0 radical (unpaired) electrons. The molecular formula is C4H5Cl4O2Ti-. The van der Waals surface area contributed by atoms with E-state index in [9.17, 15) is 0 Å². The van der Waals surface area contributed by atoms with Crippen LogP contribution < -0.4 is 0 Å². The summed E-state index contributed by atoms with van der Waals surface area (Å²) in [5.41, 5.74) is 0. The van der Waals surface area contributed by atoms with Crippen molar-refractivity contribution in [3.05, 3.63) is 7.11 Å². The second-order valence-corrected chi connectivity index (χ2v) is 4.16. The molecule has 0 rings (SSSR count). The van der Waals surface area contributed by atoms with E-state index in [0.717, 1.165) is 0 Å². The van der Waals surface area contributed by atoms with Crippen molar-refractivity contribution >= 4 is 46.4 Å². The Labute approximate surface area is 100 Å². The Morgan fingerprint density at radius 2 is 1.55 bits per heavy atom. The van der Waals surface area contributed by atoms with Crippen LogP contribution in [0.25, 0.3) is 0 Å². The topological polar surface area (TPSA) is 18.5 Å². The summed E-state index contributed by atoms with van der Waals surface area (Å²) in [5.74, 6) is 0. The molecule has 2 nitrogen and oxygen atoms in total. The first-order chi connectivity index (χ1) is 4.37. The number of ether oxygens (including phenoxy) is 2. The zero-order valence-corrected chi connectivity index (χ0v) is 10.1. The van der Waals surface area contributed by atoms with E-state index in [0.29, 0.717) is 0 Å². The Hall–Kier alpha value is 1.79. The first-order valence-corrected chi connectivity index (χ1v) is 3.62. The molecule has 0 saturated carbocycles. The van der Waals surface area contributed by atoms with Gasteiger partial charge < -0.3 is 9.47 Å². The molecular weight excluding hydrogens is 270 g/mol. The summed E-state index contributed by atoms with van der Waals surface area (Å²) in [6.45, 7) is 0. The van der Waals surface area contributed by atoms with Crippen LogP contribution in [0, 0.1) is 7.11 Å². The smallest absolute Gasteiger partial charge is 0.268 e. The molecule has 0 aliphatic carbocycles. The third-order valence-corrected chi connectivity index (χ3v) is 2.37. The number of rotatable bonds is 2. The Balaban J connectivity index is 0. The van der Waals surface area contributed by atoms with Gasteiger partial charge in [-0.1, -0.05) is 46.4 Å². The molecule has 0 bridgehead atoms. The van der Waals surface area contributed by atoms with E-state index in [1.165, 1.54) is 7.11 Å². The molecule has 0 aromatic carbocycles. The Kier molecular flexibility index (Phi) is 7.65. The molecule has 0 aromatic heterocycles. The molecule has 7 heteroatoms. The van der Waals surface area contributed by atoms with E-state index in [1.807, 2.05) is 0 Å². The van der Waals surface area contributed by atoms with Gasteiger partial charge in [0.05, 0.1) is 0 Å². The van der Waals surface area contributed by atoms with Crippen molar-refractivity contribution in [2.45, 2.75) is 9.04 Å². The van der Waals surface area contributed by atoms with E-state index < -0.39 is 9.04 Å². The summed E-state index contributed by atoms with van der Waals surface area (Å²) in [7, 11) is 4.22. The Morgan fingerprint density at radius 3 is 1.55 bits per heavy atom. The normalized spacial score (nSPS) is 16.9. The summed E-state index contributed by atoms with van der Waals surface area (Å²) < 4.78 is 7.02. The number of hydrogen-bond donors (Lipinski definition) is 0. The van der Waals surface area contributed by atoms with E-state index in [-0.39, 0.29) is 21.7 Å². The van der Waals surface area contributed by atoms with Crippen LogP contribution in [0.5, 0.6) is 0 Å². The monoisotopic (exact) mass is 273 g/mol. The van der Waals surface area contributed by atoms with Crippen LogP contribution in [-0.4, -0.2) is 16.1 Å². The Bertz CT molecular complexity index is 111. The largest absolute Gasteiger partial charge is 0.515 e. The standard InChI is InChI=1S/C4H5Cl4O2.Ti/c1-9-4(8,10-2)3(5,6)7;/h1H2,2H3;/q-1;. The van der Waals surface area contributed by atoms with Crippen molar-refractivity contribution in [1.29, 1.82) is 0 Å². The average molecular weight is 275 g/mol. The van der Waals surface area contributed by atoms with Gasteiger partial charge in [0, 0.05) is 28.8 Å². The van der Waals surface area contributed by atoms with Crippen LogP contribution >= 0.6 is 46.4 Å². The number of halogens is 4. The average Bonchev–Trinajstić information content (AvgIpc) is 1.84. The molecule has 0 fully saturated rings. The maximum Gasteiger partial charge on any atom is 0.268 e. The molecule has 66 valence electrons. The summed E-state index contributed by atoms with van der Waals surface area (Å²) >= 11 is 21.5. The first kappa shape index (κ1) is 15.3. The third-order valence-electron chi connectivity index (χ3n) is 0.787. The van der Waals surface area contributed by atoms with Gasteiger partial charge in [-0.3, -0.25) is 0 Å². The van der Waals surface area contributed by atoms with Gasteiger partial charge in [-0.2, -0.15) is 0 Å². The second kappa shape index (κ2) is 5.51. The zero-order chi connectivity index (χ0) is 8.41. The van der Waals surface area contributed by atoms with Crippen LogP contribution in [0.4, 0.5) is 0 Å². The van der Waals surface area contributed by atoms with Gasteiger partial charge in [-0.25, -0.2) is 7.11 Å². The number of hydrogen-bond acceptors (Lipinski definition) is 2. The van der Waals surface area contributed by atoms with Crippen molar-refractivity contribution in [2.24, 2.45) is 0 Å². The van der Waals surface area contributed by atoms with Crippen molar-refractivity contribution in [2.75, 3.05) is 7.11 Å². The fourth-order valence-corrected chi connectivity index (χ4v) is 0.652. The molecule has 11 heavy (non-hydrogen) atoms. The molecule has 0 heterocycles. The zero-order valence-electron chi connectivity index (χ0n) is 5.54. The van der Waals surface area contributed by atoms with Crippen molar-refractivity contribution in [1.82, 2.24) is 0 Å². The minimum atomic E-state index is -1.87. The third kappa shape index (κ3) is 4.01. The van der Waals surface area contributed by atoms with Gasteiger partial charge in [0.25, 0.3) is 9.04 Å².